The second-order valence-electron chi connectivity index (χ2n) is 3.44. The first kappa shape index (κ1) is 8.99. The molecule has 1 aromatic carbocycles. The molecule has 1 amide bonds. The van der Waals surface area contributed by atoms with E-state index in [1.54, 1.807) is 6.07 Å². The van der Waals surface area contributed by atoms with E-state index in [1.807, 2.05) is 0 Å². The maximum absolute atomic E-state index is 12.8. The summed E-state index contributed by atoms with van der Waals surface area (Å²) in [6.45, 7) is 0. The number of aryl methyl sites for hydroxylation is 1. The van der Waals surface area contributed by atoms with Crippen LogP contribution in [0.2, 0.25) is 0 Å². The van der Waals surface area contributed by atoms with Gasteiger partial charge in [0, 0.05) is 5.69 Å². The van der Waals surface area contributed by atoms with E-state index >= 15 is 0 Å². The van der Waals surface area contributed by atoms with Crippen molar-refractivity contribution in [2.45, 2.75) is 18.9 Å². The third-order valence-corrected chi connectivity index (χ3v) is 2.44. The van der Waals surface area contributed by atoms with Gasteiger partial charge in [-0.2, -0.15) is 0 Å². The van der Waals surface area contributed by atoms with Crippen molar-refractivity contribution < 1.29 is 9.18 Å². The van der Waals surface area contributed by atoms with Crippen LogP contribution < -0.4 is 11.1 Å². The summed E-state index contributed by atoms with van der Waals surface area (Å²) in [4.78, 5) is 10.9. The quantitative estimate of drug-likeness (QED) is 0.701. The zero-order valence-electron chi connectivity index (χ0n) is 7.59. The van der Waals surface area contributed by atoms with Crippen LogP contribution >= 0.6 is 0 Å². The molecule has 3 N–H and O–H groups in total. The molecule has 1 unspecified atom stereocenters. The molecule has 14 heavy (non-hydrogen) atoms. The first-order valence-electron chi connectivity index (χ1n) is 4.51. The van der Waals surface area contributed by atoms with Gasteiger partial charge in [-0.05, 0) is 36.6 Å². The van der Waals surface area contributed by atoms with Crippen molar-refractivity contribution in [2.24, 2.45) is 5.73 Å². The van der Waals surface area contributed by atoms with Crippen molar-refractivity contribution in [1.29, 1.82) is 0 Å². The molecule has 1 aliphatic rings. The van der Waals surface area contributed by atoms with Gasteiger partial charge in [0.2, 0.25) is 5.91 Å². The van der Waals surface area contributed by atoms with Crippen LogP contribution in [0.3, 0.4) is 0 Å². The highest BCUT2D eigenvalue weighted by Crippen LogP contribution is 2.25. The maximum Gasteiger partial charge on any atom is 0.239 e. The lowest BCUT2D eigenvalue weighted by Crippen LogP contribution is -2.38. The summed E-state index contributed by atoms with van der Waals surface area (Å²) in [5, 5.41) is 2.98. The predicted molar refractivity (Wildman–Crippen MR) is 51.3 cm³/mol. The average molecular weight is 194 g/mol. The highest BCUT2D eigenvalue weighted by molar-refractivity contribution is 5.84. The number of anilines is 1. The Morgan fingerprint density at radius 1 is 1.57 bits per heavy atom. The van der Waals surface area contributed by atoms with Crippen molar-refractivity contribution in [3.63, 3.8) is 0 Å². The van der Waals surface area contributed by atoms with Crippen LogP contribution in [0.15, 0.2) is 18.2 Å². The molecule has 0 saturated carbocycles. The van der Waals surface area contributed by atoms with Crippen LogP contribution in [-0.4, -0.2) is 11.9 Å². The van der Waals surface area contributed by atoms with Gasteiger partial charge in [0.15, 0.2) is 0 Å². The number of hydrogen-bond donors (Lipinski definition) is 2. The Balaban J connectivity index is 2.27. The number of halogens is 1. The molecule has 2 rings (SSSR count). The lowest BCUT2D eigenvalue weighted by Gasteiger charge is -2.24. The maximum atomic E-state index is 12.8. The summed E-state index contributed by atoms with van der Waals surface area (Å²) in [5.74, 6) is -0.608. The molecule has 1 heterocycles. The number of rotatable bonds is 1. The van der Waals surface area contributed by atoms with Crippen molar-refractivity contribution in [2.75, 3.05) is 5.32 Å². The fraction of sp³-hybridized carbons (Fsp3) is 0.300. The molecular weight excluding hydrogens is 183 g/mol. The molecule has 0 aliphatic carbocycles. The molecule has 1 atom stereocenters. The molecule has 0 aromatic heterocycles. The van der Waals surface area contributed by atoms with Crippen LogP contribution in [-0.2, 0) is 11.2 Å². The van der Waals surface area contributed by atoms with Gasteiger partial charge in [-0.15, -0.1) is 0 Å². The smallest absolute Gasteiger partial charge is 0.239 e. The number of nitrogens with two attached hydrogens (primary N) is 1. The Morgan fingerprint density at radius 2 is 2.36 bits per heavy atom. The number of hydrogen-bond acceptors (Lipinski definition) is 2. The van der Waals surface area contributed by atoms with Crippen molar-refractivity contribution in [3.05, 3.63) is 29.6 Å². The third kappa shape index (κ3) is 1.55. The van der Waals surface area contributed by atoms with E-state index in [1.165, 1.54) is 12.1 Å². The van der Waals surface area contributed by atoms with E-state index in [9.17, 15) is 9.18 Å². The number of primary amides is 1. The molecule has 3 nitrogen and oxygen atoms in total. The summed E-state index contributed by atoms with van der Waals surface area (Å²) in [6.07, 6.45) is 1.32. The molecule has 4 heteroatoms. The molecule has 1 aliphatic heterocycles. The molecule has 0 radical (unpaired) electrons. The second-order valence-corrected chi connectivity index (χ2v) is 3.44. The Kier molecular flexibility index (Phi) is 2.11. The number of fused-ring (bicyclic) bond motifs is 1. The molecule has 74 valence electrons. The Hall–Kier alpha value is -1.58. The average Bonchev–Trinajstić information content (AvgIpc) is 2.16. The minimum atomic E-state index is -0.361. The van der Waals surface area contributed by atoms with E-state index in [0.29, 0.717) is 12.8 Å². The zero-order chi connectivity index (χ0) is 10.1. The molecule has 0 fully saturated rings. The van der Waals surface area contributed by atoms with Gasteiger partial charge in [0.05, 0.1) is 0 Å². The molecule has 0 spiro atoms. The SMILES string of the molecule is NC(=O)C1CCc2cc(F)ccc2N1. The Labute approximate surface area is 81.1 Å². The highest BCUT2D eigenvalue weighted by atomic mass is 19.1. The van der Waals surface area contributed by atoms with Crippen LogP contribution in [0.25, 0.3) is 0 Å². The topological polar surface area (TPSA) is 55.1 Å². The van der Waals surface area contributed by atoms with Gasteiger partial charge < -0.3 is 11.1 Å². The first-order valence-corrected chi connectivity index (χ1v) is 4.51. The van der Waals surface area contributed by atoms with E-state index in [0.717, 1.165) is 11.3 Å². The lowest BCUT2D eigenvalue weighted by atomic mass is 9.98. The van der Waals surface area contributed by atoms with Crippen LogP contribution in [0.1, 0.15) is 12.0 Å². The number of carbonyl (C=O) groups excluding carboxylic acids is 1. The standard InChI is InChI=1S/C10H11FN2O/c11-7-2-4-8-6(5-7)1-3-9(13-8)10(12)14/h2,4-5,9,13H,1,3H2,(H2,12,14). The number of benzene rings is 1. The van der Waals surface area contributed by atoms with Crippen LogP contribution in [0, 0.1) is 5.82 Å². The minimum Gasteiger partial charge on any atom is -0.373 e. The first-order chi connectivity index (χ1) is 6.66. The van der Waals surface area contributed by atoms with Gasteiger partial charge in [0.1, 0.15) is 11.9 Å². The van der Waals surface area contributed by atoms with Gasteiger partial charge in [0.25, 0.3) is 0 Å². The van der Waals surface area contributed by atoms with E-state index in [4.69, 9.17) is 5.73 Å². The zero-order valence-corrected chi connectivity index (χ0v) is 7.59. The van der Waals surface area contributed by atoms with Gasteiger partial charge in [-0.3, -0.25) is 4.79 Å². The lowest BCUT2D eigenvalue weighted by molar-refractivity contribution is -0.118. The second kappa shape index (κ2) is 3.29. The molecule has 0 saturated heterocycles. The molecule has 1 aromatic rings. The predicted octanol–water partition coefficient (Wildman–Crippen LogP) is 1.04. The van der Waals surface area contributed by atoms with Crippen molar-refractivity contribution in [1.82, 2.24) is 0 Å². The summed E-state index contributed by atoms with van der Waals surface area (Å²) in [5.41, 5.74) is 6.89. The molecular formula is C10H11FN2O. The Bertz CT molecular complexity index is 378. The largest absolute Gasteiger partial charge is 0.373 e. The van der Waals surface area contributed by atoms with Crippen LogP contribution in [0.5, 0.6) is 0 Å². The fourth-order valence-electron chi connectivity index (χ4n) is 1.68. The van der Waals surface area contributed by atoms with E-state index < -0.39 is 0 Å². The molecule has 0 bridgehead atoms. The fourth-order valence-corrected chi connectivity index (χ4v) is 1.68. The monoisotopic (exact) mass is 194 g/mol. The summed E-state index contributed by atoms with van der Waals surface area (Å²) in [7, 11) is 0. The highest BCUT2D eigenvalue weighted by Gasteiger charge is 2.21. The minimum absolute atomic E-state index is 0.247. The van der Waals surface area contributed by atoms with Gasteiger partial charge in [-0.1, -0.05) is 0 Å². The number of nitrogens with one attached hydrogen (secondary N) is 1. The van der Waals surface area contributed by atoms with Crippen LogP contribution in [0.4, 0.5) is 10.1 Å². The normalized spacial score (nSPS) is 19.6. The van der Waals surface area contributed by atoms with E-state index in [2.05, 4.69) is 5.32 Å². The summed E-state index contributed by atoms with van der Waals surface area (Å²) in [6, 6.07) is 4.17. The van der Waals surface area contributed by atoms with Gasteiger partial charge >= 0.3 is 0 Å². The van der Waals surface area contributed by atoms with Crippen molar-refractivity contribution >= 4 is 11.6 Å². The number of carbonyl (C=O) groups is 1. The third-order valence-electron chi connectivity index (χ3n) is 2.44. The van der Waals surface area contributed by atoms with E-state index in [-0.39, 0.29) is 17.8 Å². The van der Waals surface area contributed by atoms with Crippen molar-refractivity contribution in [3.8, 4) is 0 Å². The summed E-state index contributed by atoms with van der Waals surface area (Å²) >= 11 is 0. The summed E-state index contributed by atoms with van der Waals surface area (Å²) < 4.78 is 12.8. The Morgan fingerprint density at radius 3 is 3.07 bits per heavy atom. The number of amides is 1. The van der Waals surface area contributed by atoms with Gasteiger partial charge in [-0.25, -0.2) is 4.39 Å².